The number of nitrogens with one attached hydrogen (secondary N) is 1. The molecule has 2 aromatic carbocycles. The predicted octanol–water partition coefficient (Wildman–Crippen LogP) is 6.13. The lowest BCUT2D eigenvalue weighted by Gasteiger charge is -2.17. The van der Waals surface area contributed by atoms with Crippen LogP contribution in [0.3, 0.4) is 0 Å². The van der Waals surface area contributed by atoms with Gasteiger partial charge in [-0.2, -0.15) is 13.2 Å². The van der Waals surface area contributed by atoms with Crippen LogP contribution in [0.1, 0.15) is 24.2 Å². The summed E-state index contributed by atoms with van der Waals surface area (Å²) in [6.07, 6.45) is -5.67. The number of amides is 1. The van der Waals surface area contributed by atoms with Crippen LogP contribution < -0.4 is 5.32 Å². The van der Waals surface area contributed by atoms with Gasteiger partial charge in [-0.3, -0.25) is 9.59 Å². The van der Waals surface area contributed by atoms with Crippen LogP contribution in [-0.4, -0.2) is 17.2 Å². The van der Waals surface area contributed by atoms with Gasteiger partial charge >= 0.3 is 12.1 Å². The third-order valence-corrected chi connectivity index (χ3v) is 3.70. The van der Waals surface area contributed by atoms with Crippen molar-refractivity contribution in [3.8, 4) is 0 Å². The van der Waals surface area contributed by atoms with Crippen LogP contribution in [0.25, 0.3) is 0 Å². The number of hydrogen-bond donors (Lipinski definition) is 1. The van der Waals surface area contributed by atoms with E-state index >= 15 is 0 Å². The number of benzene rings is 2. The first-order valence-electron chi connectivity index (χ1n) is 7.61. The van der Waals surface area contributed by atoms with E-state index in [-0.39, 0.29) is 11.0 Å². The summed E-state index contributed by atoms with van der Waals surface area (Å²) in [5.74, 6) is -1.33. The molecule has 1 N–H and O–H groups in total. The van der Waals surface area contributed by atoms with E-state index in [2.05, 4.69) is 21.2 Å². The molecule has 0 aliphatic heterocycles. The molecule has 0 saturated carbocycles. The van der Waals surface area contributed by atoms with Crippen LogP contribution in [0.5, 0.6) is 0 Å². The molecule has 2 aromatic rings. The minimum atomic E-state index is -4.46. The Morgan fingerprint density at radius 1 is 1.07 bits per heavy atom. The van der Waals surface area contributed by atoms with Crippen LogP contribution >= 0.6 is 39.1 Å². The Labute approximate surface area is 178 Å². The Balaban J connectivity index is 0.00000122. The summed E-state index contributed by atoms with van der Waals surface area (Å²) in [5.41, 5.74) is -0.231. The number of hydrogen-bond acceptors (Lipinski definition) is 3. The van der Waals surface area contributed by atoms with E-state index in [0.717, 1.165) is 35.7 Å². The molecule has 0 aliphatic carbocycles. The highest BCUT2D eigenvalue weighted by Crippen LogP contribution is 2.30. The normalized spacial score (nSPS) is 11.7. The summed E-state index contributed by atoms with van der Waals surface area (Å²) < 4.78 is 43.5. The van der Waals surface area contributed by atoms with Crippen LogP contribution in [0, 0.1) is 0 Å². The van der Waals surface area contributed by atoms with Gasteiger partial charge in [0.05, 0.1) is 10.9 Å². The molecule has 1 atom stereocenters. The van der Waals surface area contributed by atoms with Crippen molar-refractivity contribution in [1.29, 1.82) is 0 Å². The van der Waals surface area contributed by atoms with Crippen molar-refractivity contribution in [2.24, 2.45) is 0 Å². The highest BCUT2D eigenvalue weighted by atomic mass is 79.9. The lowest BCUT2D eigenvalue weighted by Crippen LogP contribution is -2.25. The Morgan fingerprint density at radius 3 is 2.00 bits per heavy atom. The van der Waals surface area contributed by atoms with E-state index in [1.165, 1.54) is 0 Å². The highest BCUT2D eigenvalue weighted by Gasteiger charge is 2.30. The van der Waals surface area contributed by atoms with E-state index in [0.29, 0.717) is 5.56 Å². The van der Waals surface area contributed by atoms with Crippen molar-refractivity contribution in [2.45, 2.75) is 19.2 Å². The molecule has 28 heavy (non-hydrogen) atoms. The molecular formula is C18H15BrCl2F3NO3. The lowest BCUT2D eigenvalue weighted by atomic mass is 10.1. The van der Waals surface area contributed by atoms with Crippen molar-refractivity contribution >= 4 is 56.7 Å². The largest absolute Gasteiger partial charge is 0.447 e. The zero-order chi connectivity index (χ0) is 21.3. The van der Waals surface area contributed by atoms with Crippen LogP contribution in [0.15, 0.2) is 53.0 Å². The summed E-state index contributed by atoms with van der Waals surface area (Å²) in [6.45, 7) is 1.16. The molecule has 0 heterocycles. The highest BCUT2D eigenvalue weighted by molar-refractivity contribution is 9.10. The molecule has 4 nitrogen and oxygen atoms in total. The molecule has 152 valence electrons. The van der Waals surface area contributed by atoms with Crippen molar-refractivity contribution in [3.05, 3.63) is 64.1 Å². The van der Waals surface area contributed by atoms with E-state index < -0.39 is 29.7 Å². The predicted molar refractivity (Wildman–Crippen MR) is 105 cm³/mol. The van der Waals surface area contributed by atoms with Gasteiger partial charge in [0.1, 0.15) is 0 Å². The zero-order valence-corrected chi connectivity index (χ0v) is 17.5. The maximum absolute atomic E-state index is 12.6. The van der Waals surface area contributed by atoms with Crippen LogP contribution in [0.2, 0.25) is 0 Å². The van der Waals surface area contributed by atoms with Gasteiger partial charge in [-0.05, 0) is 36.4 Å². The Morgan fingerprint density at radius 2 is 1.57 bits per heavy atom. The molecule has 1 unspecified atom stereocenters. The van der Waals surface area contributed by atoms with Crippen molar-refractivity contribution < 1.29 is 27.5 Å². The fourth-order valence-electron chi connectivity index (χ4n) is 2.03. The molecule has 0 saturated heterocycles. The number of carbonyl (C=O) groups is 2. The first kappa shape index (κ1) is 24.3. The Hall–Kier alpha value is -1.77. The maximum atomic E-state index is 12.6. The fraction of sp³-hybridized carbons (Fsp3) is 0.222. The Bertz CT molecular complexity index is 784. The van der Waals surface area contributed by atoms with Gasteiger partial charge in [-0.1, -0.05) is 28.1 Å². The molecular weight excluding hydrogens is 486 g/mol. The van der Waals surface area contributed by atoms with Crippen molar-refractivity contribution in [3.63, 3.8) is 0 Å². The minimum absolute atomic E-state index is 0.160. The zero-order valence-electron chi connectivity index (χ0n) is 14.4. The molecule has 0 aliphatic rings. The van der Waals surface area contributed by atoms with Crippen LogP contribution in [0.4, 0.5) is 18.9 Å². The molecule has 10 heteroatoms. The fourth-order valence-corrected chi connectivity index (χ4v) is 2.29. The van der Waals surface area contributed by atoms with E-state index in [1.807, 2.05) is 0 Å². The number of halogens is 6. The molecule has 1 amide bonds. The maximum Gasteiger partial charge on any atom is 0.416 e. The van der Waals surface area contributed by atoms with Crippen molar-refractivity contribution in [2.75, 3.05) is 10.7 Å². The summed E-state index contributed by atoms with van der Waals surface area (Å²) in [5, 5.41) is 2.64. The van der Waals surface area contributed by atoms with Crippen LogP contribution in [-0.2, 0) is 20.5 Å². The minimum Gasteiger partial charge on any atom is -0.447 e. The molecule has 2 rings (SSSR count). The van der Waals surface area contributed by atoms with Gasteiger partial charge in [0.15, 0.2) is 0 Å². The summed E-state index contributed by atoms with van der Waals surface area (Å²) in [6, 6.07) is 10.5. The molecule has 0 spiro atoms. The number of carbonyl (C=O) groups excluding carboxylic acids is 2. The first-order chi connectivity index (χ1) is 13.1. The summed E-state index contributed by atoms with van der Waals surface area (Å²) in [7, 11) is 0. The topological polar surface area (TPSA) is 55.4 Å². The monoisotopic (exact) mass is 499 g/mol. The van der Waals surface area contributed by atoms with Gasteiger partial charge in [0, 0.05) is 22.6 Å². The van der Waals surface area contributed by atoms with Gasteiger partial charge in [-0.15, -0.1) is 23.2 Å². The van der Waals surface area contributed by atoms with E-state index in [9.17, 15) is 22.8 Å². The average molecular weight is 501 g/mol. The smallest absolute Gasteiger partial charge is 0.416 e. The number of ether oxygens (including phenoxy) is 1. The van der Waals surface area contributed by atoms with Gasteiger partial charge in [0.2, 0.25) is 6.10 Å². The quantitative estimate of drug-likeness (QED) is 0.405. The van der Waals surface area contributed by atoms with Gasteiger partial charge in [-0.25, -0.2) is 0 Å². The second-order valence-corrected chi connectivity index (χ2v) is 6.93. The standard InChI is InChI=1S/C17H13BrF3NO3.CH2Cl2/c1-10(23)25-15(11-2-6-13(18)7-3-11)16(24)22-14-8-4-12(5-9-14)17(19,20)21;2-1-3/h2-9,15H,1H3,(H,22,24);1H2. The summed E-state index contributed by atoms with van der Waals surface area (Å²) >= 11 is 12.8. The van der Waals surface area contributed by atoms with E-state index in [4.69, 9.17) is 27.9 Å². The van der Waals surface area contributed by atoms with Gasteiger partial charge < -0.3 is 10.1 Å². The first-order valence-corrected chi connectivity index (χ1v) is 9.47. The average Bonchev–Trinajstić information content (AvgIpc) is 2.61. The SMILES string of the molecule is CC(=O)OC(C(=O)Nc1ccc(C(F)(F)F)cc1)c1ccc(Br)cc1.ClCCl. The third-order valence-electron chi connectivity index (χ3n) is 3.17. The molecule has 0 aromatic heterocycles. The Kier molecular flexibility index (Phi) is 9.78. The van der Waals surface area contributed by atoms with Crippen molar-refractivity contribution in [1.82, 2.24) is 0 Å². The lowest BCUT2D eigenvalue weighted by molar-refractivity contribution is -0.152. The number of rotatable bonds is 4. The number of anilines is 1. The number of alkyl halides is 5. The summed E-state index contributed by atoms with van der Waals surface area (Å²) in [4.78, 5) is 23.7. The molecule has 0 radical (unpaired) electrons. The van der Waals surface area contributed by atoms with E-state index in [1.54, 1.807) is 24.3 Å². The molecule has 0 bridgehead atoms. The third kappa shape index (κ3) is 8.08. The number of esters is 1. The molecule has 0 fully saturated rings. The second-order valence-electron chi connectivity index (χ2n) is 5.21. The van der Waals surface area contributed by atoms with Gasteiger partial charge in [0.25, 0.3) is 5.91 Å². The second kappa shape index (κ2) is 11.3.